The number of aryl methyl sites for hydroxylation is 2. The third-order valence-electron chi connectivity index (χ3n) is 9.62. The molecule has 0 aliphatic carbocycles. The van der Waals surface area contributed by atoms with E-state index in [9.17, 15) is 10.2 Å². The Labute approximate surface area is 278 Å². The second-order valence-corrected chi connectivity index (χ2v) is 15.2. The standard InChI is InChI=1S/C38H60N6O2/c1-27-17-31-23-39-11-9-10-12-40-24-32-18-28(2)20-34(36(32)46)26-44-16-14-42-37(5,6)21-29(3)43(25-33(19-27)35(31)45)15-13-41-38(7,8)22-30(44)4/h17-20,23-24,29-30,41-42,45-46H,9-16,21-22,25-26H2,1-8H3. The fourth-order valence-corrected chi connectivity index (χ4v) is 7.24. The van der Waals surface area contributed by atoms with E-state index < -0.39 is 0 Å². The lowest BCUT2D eigenvalue weighted by Crippen LogP contribution is -2.53. The number of hydrogen-bond acceptors (Lipinski definition) is 8. The van der Waals surface area contributed by atoms with Gasteiger partial charge in [-0.15, -0.1) is 0 Å². The van der Waals surface area contributed by atoms with Crippen molar-refractivity contribution in [3.05, 3.63) is 57.6 Å². The number of hydrogen-bond donors (Lipinski definition) is 4. The highest BCUT2D eigenvalue weighted by Crippen LogP contribution is 2.29. The first-order valence-corrected chi connectivity index (χ1v) is 17.4. The van der Waals surface area contributed by atoms with Gasteiger partial charge < -0.3 is 20.8 Å². The summed E-state index contributed by atoms with van der Waals surface area (Å²) < 4.78 is 0. The molecule has 1 saturated heterocycles. The highest BCUT2D eigenvalue weighted by molar-refractivity contribution is 5.85. The molecule has 1 fully saturated rings. The van der Waals surface area contributed by atoms with Gasteiger partial charge >= 0.3 is 0 Å². The Morgan fingerprint density at radius 1 is 0.674 bits per heavy atom. The zero-order valence-electron chi connectivity index (χ0n) is 29.8. The highest BCUT2D eigenvalue weighted by Gasteiger charge is 2.29. The fraction of sp³-hybridized carbons (Fsp3) is 0.632. The molecule has 5 rings (SSSR count). The Morgan fingerprint density at radius 3 is 1.46 bits per heavy atom. The second-order valence-electron chi connectivity index (χ2n) is 15.2. The average Bonchev–Trinajstić information content (AvgIpc) is 2.95. The number of benzene rings is 2. The van der Waals surface area contributed by atoms with Crippen LogP contribution in [0.15, 0.2) is 34.3 Å². The summed E-state index contributed by atoms with van der Waals surface area (Å²) in [6, 6.07) is 8.87. The molecule has 2 aromatic rings. The summed E-state index contributed by atoms with van der Waals surface area (Å²) in [4.78, 5) is 14.4. The van der Waals surface area contributed by atoms with E-state index in [4.69, 9.17) is 0 Å². The van der Waals surface area contributed by atoms with Crippen molar-refractivity contribution in [2.24, 2.45) is 9.98 Å². The smallest absolute Gasteiger partial charge is 0.128 e. The molecule has 3 aliphatic heterocycles. The van der Waals surface area contributed by atoms with E-state index >= 15 is 0 Å². The quantitative estimate of drug-likeness (QED) is 0.287. The molecule has 0 radical (unpaired) electrons. The normalized spacial score (nSPS) is 26.7. The number of fused-ring (bicyclic) bond motifs is 15. The van der Waals surface area contributed by atoms with E-state index in [1.807, 2.05) is 24.6 Å². The molecule has 0 amide bonds. The SMILES string of the molecule is Cc1cc2c(O)c(c1)CN1CCNC(C)(C)CC(C)N(CCNC(C)(C)CC1C)Cc1cc(C)cc(c1O)C=NCCCCN=C2. The number of aromatic hydroxyl groups is 2. The minimum absolute atomic E-state index is 0.0846. The second kappa shape index (κ2) is 15.9. The first-order chi connectivity index (χ1) is 21.7. The minimum Gasteiger partial charge on any atom is -0.507 e. The van der Waals surface area contributed by atoms with Crippen molar-refractivity contribution in [3.63, 3.8) is 0 Å². The van der Waals surface area contributed by atoms with Crippen LogP contribution in [0.5, 0.6) is 11.5 Å². The van der Waals surface area contributed by atoms with Crippen LogP contribution in [-0.2, 0) is 13.1 Å². The van der Waals surface area contributed by atoms with E-state index in [-0.39, 0.29) is 23.2 Å². The van der Waals surface area contributed by atoms with Crippen LogP contribution in [0, 0.1) is 13.8 Å². The van der Waals surface area contributed by atoms with Crippen molar-refractivity contribution in [2.45, 2.75) is 117 Å². The zero-order chi connectivity index (χ0) is 33.5. The summed E-state index contributed by atoms with van der Waals surface area (Å²) in [5, 5.41) is 30.5. The zero-order valence-corrected chi connectivity index (χ0v) is 29.8. The fourth-order valence-electron chi connectivity index (χ4n) is 7.24. The molecule has 6 bridgehead atoms. The maximum atomic E-state index is 11.4. The molecule has 0 aromatic heterocycles. The van der Waals surface area contributed by atoms with Gasteiger partial charge in [-0.2, -0.15) is 0 Å². The Morgan fingerprint density at radius 2 is 1.07 bits per heavy atom. The van der Waals surface area contributed by atoms with Crippen LogP contribution in [0.1, 0.15) is 101 Å². The van der Waals surface area contributed by atoms with Gasteiger partial charge in [0.05, 0.1) is 0 Å². The van der Waals surface area contributed by atoms with Crippen LogP contribution in [0.3, 0.4) is 0 Å². The third kappa shape index (κ3) is 10.4. The summed E-state index contributed by atoms with van der Waals surface area (Å²) in [6.07, 6.45) is 7.40. The van der Waals surface area contributed by atoms with E-state index in [0.717, 1.165) is 85.2 Å². The predicted molar refractivity (Wildman–Crippen MR) is 193 cm³/mol. The third-order valence-corrected chi connectivity index (χ3v) is 9.62. The Bertz CT molecular complexity index is 1260. The van der Waals surface area contributed by atoms with Crippen molar-refractivity contribution < 1.29 is 10.2 Å². The first-order valence-electron chi connectivity index (χ1n) is 17.4. The summed E-state index contributed by atoms with van der Waals surface area (Å²) in [5.74, 6) is 0.661. The average molecular weight is 633 g/mol. The van der Waals surface area contributed by atoms with Gasteiger partial charge in [-0.25, -0.2) is 0 Å². The number of nitrogens with zero attached hydrogens (tertiary/aromatic N) is 4. The minimum atomic E-state index is -0.0846. The van der Waals surface area contributed by atoms with Gasteiger partial charge in [0, 0.05) is 110 Å². The molecule has 46 heavy (non-hydrogen) atoms. The highest BCUT2D eigenvalue weighted by atomic mass is 16.3. The van der Waals surface area contributed by atoms with Crippen molar-refractivity contribution >= 4 is 12.4 Å². The molecule has 8 nitrogen and oxygen atoms in total. The Kier molecular flexibility index (Phi) is 12.4. The van der Waals surface area contributed by atoms with Crippen molar-refractivity contribution in [2.75, 3.05) is 39.3 Å². The molecule has 0 spiro atoms. The molecule has 3 aliphatic rings. The van der Waals surface area contributed by atoms with Gasteiger partial charge in [0.2, 0.25) is 0 Å². The van der Waals surface area contributed by atoms with Crippen LogP contribution < -0.4 is 10.6 Å². The largest absolute Gasteiger partial charge is 0.507 e. The summed E-state index contributed by atoms with van der Waals surface area (Å²) in [6.45, 7) is 24.2. The first kappa shape index (κ1) is 36.1. The molecule has 4 atom stereocenters. The molecular formula is C38H60N6O2. The van der Waals surface area contributed by atoms with Gasteiger partial charge in [-0.3, -0.25) is 19.8 Å². The molecule has 3 heterocycles. The lowest BCUT2D eigenvalue weighted by molar-refractivity contribution is 0.125. The molecule has 2 aromatic carbocycles. The van der Waals surface area contributed by atoms with Gasteiger partial charge in [0.15, 0.2) is 0 Å². The maximum Gasteiger partial charge on any atom is 0.128 e. The van der Waals surface area contributed by atoms with Gasteiger partial charge in [-0.05, 0) is 104 Å². The van der Waals surface area contributed by atoms with Crippen LogP contribution in [0.25, 0.3) is 0 Å². The number of phenols is 2. The van der Waals surface area contributed by atoms with E-state index in [1.165, 1.54) is 0 Å². The van der Waals surface area contributed by atoms with E-state index in [0.29, 0.717) is 37.7 Å². The van der Waals surface area contributed by atoms with Crippen LogP contribution in [0.2, 0.25) is 0 Å². The molecule has 8 heteroatoms. The number of phenolic OH excluding ortho intramolecular Hbond substituents is 2. The summed E-state index contributed by atoms with van der Waals surface area (Å²) in [5.41, 5.74) is 5.55. The van der Waals surface area contributed by atoms with E-state index in [1.54, 1.807) is 0 Å². The predicted octanol–water partition coefficient (Wildman–Crippen LogP) is 5.96. The molecule has 254 valence electrons. The van der Waals surface area contributed by atoms with E-state index in [2.05, 4.69) is 97.9 Å². The Balaban J connectivity index is 1.74. The lowest BCUT2D eigenvalue weighted by atomic mass is 9.93. The summed E-state index contributed by atoms with van der Waals surface area (Å²) >= 11 is 0. The van der Waals surface area contributed by atoms with Crippen molar-refractivity contribution in [1.29, 1.82) is 0 Å². The van der Waals surface area contributed by atoms with Gasteiger partial charge in [-0.1, -0.05) is 12.1 Å². The van der Waals surface area contributed by atoms with Crippen molar-refractivity contribution in [3.8, 4) is 11.5 Å². The monoisotopic (exact) mass is 632 g/mol. The summed E-state index contributed by atoms with van der Waals surface area (Å²) in [7, 11) is 0. The lowest BCUT2D eigenvalue weighted by Gasteiger charge is -2.40. The molecule has 4 N–H and O–H groups in total. The number of nitrogens with one attached hydrogen (secondary N) is 2. The van der Waals surface area contributed by atoms with Crippen LogP contribution >= 0.6 is 0 Å². The van der Waals surface area contributed by atoms with Gasteiger partial charge in [0.25, 0.3) is 0 Å². The number of aliphatic imine (C=N–C) groups is 2. The van der Waals surface area contributed by atoms with Crippen molar-refractivity contribution in [1.82, 2.24) is 20.4 Å². The Hall–Kier alpha value is -2.78. The topological polar surface area (TPSA) is 95.7 Å². The number of rotatable bonds is 0. The maximum absolute atomic E-state index is 11.4. The van der Waals surface area contributed by atoms with Gasteiger partial charge in [0.1, 0.15) is 11.5 Å². The molecule has 0 saturated carbocycles. The molecule has 4 unspecified atom stereocenters. The molecular weight excluding hydrogens is 572 g/mol. The van der Waals surface area contributed by atoms with Crippen LogP contribution in [0.4, 0.5) is 0 Å². The van der Waals surface area contributed by atoms with Crippen LogP contribution in [-0.4, -0.2) is 94.9 Å².